The summed E-state index contributed by atoms with van der Waals surface area (Å²) in [5.41, 5.74) is 8.40. The Bertz CT molecular complexity index is 861. The largest absolute Gasteiger partial charge is 0.481 e. The Morgan fingerprint density at radius 1 is 1.24 bits per heavy atom. The number of aryl methyl sites for hydroxylation is 2. The third-order valence-electron chi connectivity index (χ3n) is 3.28. The van der Waals surface area contributed by atoms with Crippen LogP contribution >= 0.6 is 0 Å². The number of fused-ring (bicyclic) bond motifs is 2. The summed E-state index contributed by atoms with van der Waals surface area (Å²) in [5.74, 6) is -0.156. The van der Waals surface area contributed by atoms with Crippen LogP contribution in [0.1, 0.15) is 17.8 Å². The summed E-state index contributed by atoms with van der Waals surface area (Å²) in [7, 11) is 0. The molecule has 0 aliphatic rings. The quantitative estimate of drug-likeness (QED) is 0.713. The van der Waals surface area contributed by atoms with E-state index in [4.69, 9.17) is 10.8 Å². The second kappa shape index (κ2) is 4.97. The highest BCUT2D eigenvalue weighted by atomic mass is 16.4. The number of nitrogen functional groups attached to an aromatic ring is 1. The van der Waals surface area contributed by atoms with Crippen LogP contribution in [-0.2, 0) is 11.2 Å². The minimum absolute atomic E-state index is 0.0301. The van der Waals surface area contributed by atoms with E-state index in [0.717, 1.165) is 16.5 Å². The number of aromatic nitrogens is 3. The third kappa shape index (κ3) is 2.60. The van der Waals surface area contributed by atoms with Crippen molar-refractivity contribution >= 4 is 33.7 Å². The van der Waals surface area contributed by atoms with Crippen LogP contribution in [0.2, 0.25) is 0 Å². The Kier molecular flexibility index (Phi) is 3.13. The smallest absolute Gasteiger partial charge is 0.303 e. The molecule has 0 radical (unpaired) electrons. The van der Waals surface area contributed by atoms with Gasteiger partial charge in [-0.05, 0) is 24.6 Å². The normalized spacial score (nSPS) is 11.1. The van der Waals surface area contributed by atoms with Gasteiger partial charge in [-0.25, -0.2) is 15.0 Å². The number of hydrogen-bond donors (Lipinski definition) is 2. The Hall–Kier alpha value is -2.76. The van der Waals surface area contributed by atoms with Crippen LogP contribution in [0.25, 0.3) is 21.9 Å². The van der Waals surface area contributed by atoms with Crippen molar-refractivity contribution in [3.8, 4) is 0 Å². The summed E-state index contributed by atoms with van der Waals surface area (Å²) >= 11 is 0. The number of pyridine rings is 1. The summed E-state index contributed by atoms with van der Waals surface area (Å²) < 4.78 is 0. The lowest BCUT2D eigenvalue weighted by Gasteiger charge is -2.06. The number of benzene rings is 1. The van der Waals surface area contributed by atoms with Crippen LogP contribution in [0.15, 0.2) is 24.3 Å². The molecule has 0 aliphatic carbocycles. The lowest BCUT2D eigenvalue weighted by atomic mass is 10.1. The summed E-state index contributed by atoms with van der Waals surface area (Å²) in [4.78, 5) is 23.6. The van der Waals surface area contributed by atoms with E-state index in [-0.39, 0.29) is 12.8 Å². The molecule has 0 fully saturated rings. The lowest BCUT2D eigenvalue weighted by molar-refractivity contribution is -0.137. The van der Waals surface area contributed by atoms with E-state index in [9.17, 15) is 4.79 Å². The van der Waals surface area contributed by atoms with Crippen molar-refractivity contribution in [1.29, 1.82) is 0 Å². The third-order valence-corrected chi connectivity index (χ3v) is 3.28. The van der Waals surface area contributed by atoms with Crippen LogP contribution in [0.3, 0.4) is 0 Å². The van der Waals surface area contributed by atoms with Crippen molar-refractivity contribution in [3.63, 3.8) is 0 Å². The molecule has 0 saturated carbocycles. The number of nitrogens with zero attached hydrogens (tertiary/aromatic N) is 3. The van der Waals surface area contributed by atoms with E-state index in [1.165, 1.54) is 0 Å². The van der Waals surface area contributed by atoms with Crippen molar-refractivity contribution in [2.24, 2.45) is 0 Å². The van der Waals surface area contributed by atoms with Gasteiger partial charge in [-0.2, -0.15) is 0 Å². The summed E-state index contributed by atoms with van der Waals surface area (Å²) in [6, 6.07) is 7.88. The SMILES string of the molecule is Cc1ccc2cc3c(N)nc(CCC(=O)O)nc3nc2c1. The van der Waals surface area contributed by atoms with Gasteiger partial charge in [0.05, 0.1) is 17.3 Å². The average molecular weight is 282 g/mol. The van der Waals surface area contributed by atoms with Gasteiger partial charge in [0.25, 0.3) is 0 Å². The van der Waals surface area contributed by atoms with Crippen LogP contribution in [-0.4, -0.2) is 26.0 Å². The molecule has 6 heteroatoms. The van der Waals surface area contributed by atoms with Crippen LogP contribution in [0.4, 0.5) is 5.82 Å². The molecule has 0 saturated heterocycles. The fourth-order valence-corrected chi connectivity index (χ4v) is 2.22. The molecule has 2 heterocycles. The van der Waals surface area contributed by atoms with Crippen molar-refractivity contribution in [2.45, 2.75) is 19.8 Å². The Labute approximate surface area is 120 Å². The molecular formula is C15H14N4O2. The first-order valence-corrected chi connectivity index (χ1v) is 6.58. The maximum absolute atomic E-state index is 10.6. The van der Waals surface area contributed by atoms with Gasteiger partial charge < -0.3 is 10.8 Å². The maximum Gasteiger partial charge on any atom is 0.303 e. The van der Waals surface area contributed by atoms with Crippen molar-refractivity contribution < 1.29 is 9.90 Å². The molecule has 21 heavy (non-hydrogen) atoms. The Balaban J connectivity index is 2.15. The molecule has 3 aromatic rings. The first-order chi connectivity index (χ1) is 10.0. The molecule has 1 aromatic carbocycles. The fraction of sp³-hybridized carbons (Fsp3) is 0.200. The number of rotatable bonds is 3. The molecule has 3 N–H and O–H groups in total. The molecule has 0 atom stereocenters. The van der Waals surface area contributed by atoms with E-state index in [1.54, 1.807) is 0 Å². The number of nitrogens with two attached hydrogens (primary N) is 1. The zero-order valence-electron chi connectivity index (χ0n) is 11.5. The highest BCUT2D eigenvalue weighted by Crippen LogP contribution is 2.23. The van der Waals surface area contributed by atoms with Crippen LogP contribution in [0, 0.1) is 6.92 Å². The molecule has 3 rings (SSSR count). The van der Waals surface area contributed by atoms with E-state index in [0.29, 0.717) is 22.7 Å². The minimum Gasteiger partial charge on any atom is -0.481 e. The first kappa shape index (κ1) is 13.2. The van der Waals surface area contributed by atoms with Crippen molar-refractivity contribution in [2.75, 3.05) is 5.73 Å². The second-order valence-electron chi connectivity index (χ2n) is 4.97. The molecule has 106 valence electrons. The standard InChI is InChI=1S/C15H14N4O2/c1-8-2-3-9-7-10-14(16)18-12(4-5-13(20)21)19-15(10)17-11(9)6-8/h2-3,6-7H,4-5H2,1H3,(H,20,21)(H2,16,17,18,19). The molecule has 2 aromatic heterocycles. The van der Waals surface area contributed by atoms with Gasteiger partial charge in [-0.1, -0.05) is 12.1 Å². The first-order valence-electron chi connectivity index (χ1n) is 6.58. The molecule has 6 nitrogen and oxygen atoms in total. The van der Waals surface area contributed by atoms with Gasteiger partial charge in [0, 0.05) is 11.8 Å². The van der Waals surface area contributed by atoms with E-state index < -0.39 is 5.97 Å². The van der Waals surface area contributed by atoms with Crippen molar-refractivity contribution in [3.05, 3.63) is 35.7 Å². The van der Waals surface area contributed by atoms with E-state index >= 15 is 0 Å². The topological polar surface area (TPSA) is 102 Å². The van der Waals surface area contributed by atoms with Crippen LogP contribution in [0.5, 0.6) is 0 Å². The molecule has 0 spiro atoms. The predicted molar refractivity (Wildman–Crippen MR) is 79.9 cm³/mol. The highest BCUT2D eigenvalue weighted by Gasteiger charge is 2.09. The van der Waals surface area contributed by atoms with E-state index in [2.05, 4.69) is 15.0 Å². The number of hydrogen-bond acceptors (Lipinski definition) is 5. The Morgan fingerprint density at radius 3 is 2.81 bits per heavy atom. The molecule has 0 bridgehead atoms. The Morgan fingerprint density at radius 2 is 2.05 bits per heavy atom. The van der Waals surface area contributed by atoms with Gasteiger partial charge in [0.2, 0.25) is 0 Å². The predicted octanol–water partition coefficient (Wildman–Crippen LogP) is 2.09. The molecule has 0 unspecified atom stereocenters. The zero-order valence-corrected chi connectivity index (χ0v) is 11.5. The lowest BCUT2D eigenvalue weighted by Crippen LogP contribution is -2.05. The number of aliphatic carboxylic acids is 1. The van der Waals surface area contributed by atoms with Gasteiger partial charge in [-0.15, -0.1) is 0 Å². The fourth-order valence-electron chi connectivity index (χ4n) is 2.22. The minimum atomic E-state index is -0.889. The molecular weight excluding hydrogens is 268 g/mol. The second-order valence-corrected chi connectivity index (χ2v) is 4.97. The van der Waals surface area contributed by atoms with Gasteiger partial charge in [0.1, 0.15) is 11.6 Å². The number of carboxylic acids is 1. The highest BCUT2D eigenvalue weighted by molar-refractivity contribution is 5.95. The number of carboxylic acid groups (broad SMARTS) is 1. The van der Waals surface area contributed by atoms with Crippen molar-refractivity contribution in [1.82, 2.24) is 15.0 Å². The van der Waals surface area contributed by atoms with Gasteiger partial charge >= 0.3 is 5.97 Å². The molecule has 0 amide bonds. The van der Waals surface area contributed by atoms with Gasteiger partial charge in [-0.3, -0.25) is 4.79 Å². The van der Waals surface area contributed by atoms with Crippen LogP contribution < -0.4 is 5.73 Å². The average Bonchev–Trinajstić information content (AvgIpc) is 2.43. The van der Waals surface area contributed by atoms with E-state index in [1.807, 2.05) is 31.2 Å². The monoisotopic (exact) mass is 282 g/mol. The zero-order chi connectivity index (χ0) is 15.0. The summed E-state index contributed by atoms with van der Waals surface area (Å²) in [6.45, 7) is 2.00. The summed E-state index contributed by atoms with van der Waals surface area (Å²) in [5, 5.41) is 10.4. The van der Waals surface area contributed by atoms with Gasteiger partial charge in [0.15, 0.2) is 5.65 Å². The maximum atomic E-state index is 10.6. The summed E-state index contributed by atoms with van der Waals surface area (Å²) in [6.07, 6.45) is 0.209. The number of anilines is 1. The molecule has 0 aliphatic heterocycles. The number of carbonyl (C=O) groups is 1.